The van der Waals surface area contributed by atoms with E-state index in [1.54, 1.807) is 56.7 Å². The number of rotatable bonds is 5. The quantitative estimate of drug-likeness (QED) is 0.531. The van der Waals surface area contributed by atoms with Crippen molar-refractivity contribution in [3.05, 3.63) is 57.9 Å². The Morgan fingerprint density at radius 2 is 1.85 bits per heavy atom. The predicted molar refractivity (Wildman–Crippen MR) is 103 cm³/mol. The summed E-state index contributed by atoms with van der Waals surface area (Å²) in [5.74, 6) is 1.74. The van der Waals surface area contributed by atoms with Crippen LogP contribution in [-0.4, -0.2) is 24.4 Å². The van der Waals surface area contributed by atoms with Gasteiger partial charge in [0.2, 0.25) is 5.82 Å². The Labute approximate surface area is 165 Å². The Bertz CT molecular complexity index is 970. The smallest absolute Gasteiger partial charge is 0.269 e. The van der Waals surface area contributed by atoms with Crippen molar-refractivity contribution in [1.82, 2.24) is 10.1 Å². The largest absolute Gasteiger partial charge is 0.497 e. The lowest BCUT2D eigenvalue weighted by atomic mass is 10.2. The van der Waals surface area contributed by atoms with E-state index in [0.717, 1.165) is 5.56 Å². The van der Waals surface area contributed by atoms with Crippen molar-refractivity contribution in [2.75, 3.05) is 14.2 Å². The summed E-state index contributed by atoms with van der Waals surface area (Å²) in [6, 6.07) is 10.4. The van der Waals surface area contributed by atoms with Crippen molar-refractivity contribution in [2.45, 2.75) is 0 Å². The number of hydrogen-bond donors (Lipinski definition) is 0. The minimum Gasteiger partial charge on any atom is -0.497 e. The molecule has 134 valence electrons. The van der Waals surface area contributed by atoms with Crippen LogP contribution in [0, 0.1) is 0 Å². The fourth-order valence-corrected chi connectivity index (χ4v) is 2.73. The molecule has 0 aliphatic rings. The summed E-state index contributed by atoms with van der Waals surface area (Å²) in [4.78, 5) is 4.32. The second-order valence-electron chi connectivity index (χ2n) is 5.16. The maximum absolute atomic E-state index is 6.29. The molecule has 0 radical (unpaired) electrons. The van der Waals surface area contributed by atoms with E-state index in [1.165, 1.54) is 0 Å². The van der Waals surface area contributed by atoms with Gasteiger partial charge in [-0.2, -0.15) is 4.98 Å². The molecule has 3 aromatic rings. The molecule has 2 aromatic carbocycles. The van der Waals surface area contributed by atoms with Gasteiger partial charge in [0.25, 0.3) is 5.89 Å². The summed E-state index contributed by atoms with van der Waals surface area (Å²) >= 11 is 18.2. The van der Waals surface area contributed by atoms with Gasteiger partial charge in [0.15, 0.2) is 0 Å². The highest BCUT2D eigenvalue weighted by molar-refractivity contribution is 6.50. The zero-order valence-electron chi connectivity index (χ0n) is 13.8. The Hall–Kier alpha value is -2.21. The lowest BCUT2D eigenvalue weighted by Crippen LogP contribution is -1.91. The van der Waals surface area contributed by atoms with Gasteiger partial charge < -0.3 is 14.0 Å². The highest BCUT2D eigenvalue weighted by Gasteiger charge is 2.16. The summed E-state index contributed by atoms with van der Waals surface area (Å²) in [7, 11) is 3.13. The molecule has 8 heteroatoms. The number of benzene rings is 2. The maximum atomic E-state index is 6.29. The molecule has 0 unspecified atom stereocenters. The third-order valence-corrected chi connectivity index (χ3v) is 4.53. The number of halogens is 3. The minimum atomic E-state index is 0.172. The van der Waals surface area contributed by atoms with Crippen molar-refractivity contribution >= 4 is 45.9 Å². The SMILES string of the molecule is COc1ccc(-c2noc(/C(Cl)=C/c3ccc(Cl)c(Cl)c3)n2)c(OC)c1. The molecule has 3 rings (SSSR count). The van der Waals surface area contributed by atoms with Crippen LogP contribution in [0.2, 0.25) is 10.0 Å². The summed E-state index contributed by atoms with van der Waals surface area (Å²) in [5, 5.41) is 5.13. The number of nitrogens with zero attached hydrogens (tertiary/aromatic N) is 2. The molecular weight excluding hydrogens is 399 g/mol. The Kier molecular flexibility index (Phi) is 5.71. The summed E-state index contributed by atoms with van der Waals surface area (Å²) in [6.45, 7) is 0. The number of hydrogen-bond acceptors (Lipinski definition) is 5. The molecule has 1 heterocycles. The van der Waals surface area contributed by atoms with Gasteiger partial charge in [-0.05, 0) is 35.9 Å². The first-order chi connectivity index (χ1) is 12.5. The fourth-order valence-electron chi connectivity index (χ4n) is 2.22. The average Bonchev–Trinajstić information content (AvgIpc) is 3.14. The van der Waals surface area contributed by atoms with E-state index in [1.807, 2.05) is 0 Å². The summed E-state index contributed by atoms with van der Waals surface area (Å²) in [5.41, 5.74) is 1.41. The van der Waals surface area contributed by atoms with Gasteiger partial charge in [-0.25, -0.2) is 0 Å². The second-order valence-corrected chi connectivity index (χ2v) is 6.38. The molecule has 26 heavy (non-hydrogen) atoms. The molecular formula is C18H13Cl3N2O3. The predicted octanol–water partition coefficient (Wildman–Crippen LogP) is 5.80. The summed E-state index contributed by atoms with van der Waals surface area (Å²) in [6.07, 6.45) is 1.66. The van der Waals surface area contributed by atoms with E-state index < -0.39 is 0 Å². The minimum absolute atomic E-state index is 0.172. The number of ether oxygens (including phenoxy) is 2. The molecule has 5 nitrogen and oxygen atoms in total. The van der Waals surface area contributed by atoms with E-state index in [2.05, 4.69) is 10.1 Å². The van der Waals surface area contributed by atoms with Crippen LogP contribution in [0.25, 0.3) is 22.5 Å². The molecule has 0 amide bonds. The molecule has 0 N–H and O–H groups in total. The van der Waals surface area contributed by atoms with E-state index in [4.69, 9.17) is 48.8 Å². The normalized spacial score (nSPS) is 11.5. The second kappa shape index (κ2) is 7.99. The number of aromatic nitrogens is 2. The van der Waals surface area contributed by atoms with Crippen LogP contribution < -0.4 is 9.47 Å². The van der Waals surface area contributed by atoms with Crippen LogP contribution in [-0.2, 0) is 0 Å². The van der Waals surface area contributed by atoms with E-state index >= 15 is 0 Å². The van der Waals surface area contributed by atoms with E-state index in [0.29, 0.717) is 32.9 Å². The Balaban J connectivity index is 1.92. The molecule has 0 bridgehead atoms. The van der Waals surface area contributed by atoms with Gasteiger partial charge in [0.1, 0.15) is 16.5 Å². The Morgan fingerprint density at radius 3 is 2.54 bits per heavy atom. The Morgan fingerprint density at radius 1 is 1.04 bits per heavy atom. The first kappa shape index (κ1) is 18.6. The van der Waals surface area contributed by atoms with Crippen LogP contribution in [0.3, 0.4) is 0 Å². The van der Waals surface area contributed by atoms with Gasteiger partial charge >= 0.3 is 0 Å². The van der Waals surface area contributed by atoms with Crippen molar-refractivity contribution < 1.29 is 14.0 Å². The average molecular weight is 412 g/mol. The van der Waals surface area contributed by atoms with Crippen LogP contribution in [0.4, 0.5) is 0 Å². The van der Waals surface area contributed by atoms with Gasteiger partial charge in [-0.1, -0.05) is 46.0 Å². The standard InChI is InChI=1S/C18H13Cl3N2O3/c1-24-11-4-5-12(16(9-11)25-2)17-22-18(26-23-17)15(21)8-10-3-6-13(19)14(20)7-10/h3-9H,1-2H3/b15-8-. The van der Waals surface area contributed by atoms with E-state index in [-0.39, 0.29) is 10.9 Å². The third-order valence-electron chi connectivity index (χ3n) is 3.52. The highest BCUT2D eigenvalue weighted by Crippen LogP contribution is 2.33. The molecule has 0 atom stereocenters. The lowest BCUT2D eigenvalue weighted by Gasteiger charge is -2.07. The van der Waals surface area contributed by atoms with Crippen molar-refractivity contribution in [1.29, 1.82) is 0 Å². The monoisotopic (exact) mass is 410 g/mol. The van der Waals surface area contributed by atoms with Gasteiger partial charge in [-0.15, -0.1) is 0 Å². The third kappa shape index (κ3) is 3.96. The molecule has 0 saturated carbocycles. The topological polar surface area (TPSA) is 57.4 Å². The van der Waals surface area contributed by atoms with Crippen LogP contribution in [0.15, 0.2) is 40.9 Å². The molecule has 0 aliphatic carbocycles. The first-order valence-electron chi connectivity index (χ1n) is 7.40. The van der Waals surface area contributed by atoms with Crippen molar-refractivity contribution in [3.63, 3.8) is 0 Å². The van der Waals surface area contributed by atoms with Gasteiger partial charge in [0.05, 0.1) is 29.8 Å². The first-order valence-corrected chi connectivity index (χ1v) is 8.54. The fraction of sp³-hybridized carbons (Fsp3) is 0.111. The lowest BCUT2D eigenvalue weighted by molar-refractivity contribution is 0.393. The zero-order valence-corrected chi connectivity index (χ0v) is 16.1. The zero-order chi connectivity index (χ0) is 18.7. The van der Waals surface area contributed by atoms with Gasteiger partial charge in [0, 0.05) is 6.07 Å². The molecule has 1 aromatic heterocycles. The molecule has 0 fully saturated rings. The van der Waals surface area contributed by atoms with Gasteiger partial charge in [-0.3, -0.25) is 0 Å². The summed E-state index contributed by atoms with van der Waals surface area (Å²) < 4.78 is 15.8. The van der Waals surface area contributed by atoms with Crippen LogP contribution in [0.5, 0.6) is 11.5 Å². The molecule has 0 saturated heterocycles. The molecule has 0 spiro atoms. The van der Waals surface area contributed by atoms with Crippen LogP contribution in [0.1, 0.15) is 11.5 Å². The van der Waals surface area contributed by atoms with Crippen molar-refractivity contribution in [2.24, 2.45) is 0 Å². The maximum Gasteiger partial charge on any atom is 0.269 e. The highest BCUT2D eigenvalue weighted by atomic mass is 35.5. The van der Waals surface area contributed by atoms with Crippen molar-refractivity contribution in [3.8, 4) is 22.9 Å². The molecule has 0 aliphatic heterocycles. The van der Waals surface area contributed by atoms with Crippen LogP contribution >= 0.6 is 34.8 Å². The number of methoxy groups -OCH3 is 2. The van der Waals surface area contributed by atoms with E-state index in [9.17, 15) is 0 Å².